The molecule has 2 saturated heterocycles. The lowest BCUT2D eigenvalue weighted by atomic mass is 9.96. The van der Waals surface area contributed by atoms with Crippen LogP contribution in [0.5, 0.6) is 0 Å². The Kier molecular flexibility index (Phi) is 6.55. The fraction of sp³-hybridized carbons (Fsp3) is 0.688. The van der Waals surface area contributed by atoms with Crippen LogP contribution in [0.1, 0.15) is 38.9 Å². The molecule has 2 fully saturated rings. The number of aliphatic imine (C=N–C) groups is 1. The number of halogens is 1. The van der Waals surface area contributed by atoms with Crippen molar-refractivity contribution < 1.29 is 9.15 Å². The monoisotopic (exact) mass is 419 g/mol. The second-order valence-electron chi connectivity index (χ2n) is 6.22. The lowest BCUT2D eigenvalue weighted by Gasteiger charge is -2.24. The highest BCUT2D eigenvalue weighted by Gasteiger charge is 2.41. The Hall–Kier alpha value is -0.760. The van der Waals surface area contributed by atoms with Gasteiger partial charge in [0.05, 0.1) is 24.5 Å². The maximum Gasteiger partial charge on any atom is 0.191 e. The summed E-state index contributed by atoms with van der Waals surface area (Å²) in [5.41, 5.74) is 0. The van der Waals surface area contributed by atoms with Gasteiger partial charge in [-0.2, -0.15) is 0 Å². The van der Waals surface area contributed by atoms with Crippen LogP contribution in [0.15, 0.2) is 27.8 Å². The first-order valence-corrected chi connectivity index (χ1v) is 7.96. The largest absolute Gasteiger partial charge is 0.469 e. The molecule has 1 aromatic rings. The Morgan fingerprint density at radius 2 is 2.27 bits per heavy atom. The van der Waals surface area contributed by atoms with Gasteiger partial charge in [-0.1, -0.05) is 0 Å². The summed E-state index contributed by atoms with van der Waals surface area (Å²) in [5, 5.41) is 6.94. The Morgan fingerprint density at radius 3 is 2.86 bits per heavy atom. The van der Waals surface area contributed by atoms with Gasteiger partial charge in [0, 0.05) is 19.0 Å². The summed E-state index contributed by atoms with van der Waals surface area (Å²) in [6.07, 6.45) is 6.83. The molecule has 0 aliphatic carbocycles. The van der Waals surface area contributed by atoms with Crippen LogP contribution in [-0.4, -0.2) is 36.8 Å². The van der Waals surface area contributed by atoms with E-state index in [4.69, 9.17) is 9.15 Å². The normalized spacial score (nSPS) is 27.0. The maximum atomic E-state index is 5.89. The molecule has 5 nitrogen and oxygen atoms in total. The molecular formula is C16H26IN3O2. The van der Waals surface area contributed by atoms with Crippen LogP contribution >= 0.6 is 24.0 Å². The number of hydrogen-bond acceptors (Lipinski definition) is 3. The summed E-state index contributed by atoms with van der Waals surface area (Å²) in [6, 6.07) is 4.66. The fourth-order valence-corrected chi connectivity index (χ4v) is 3.10. The SMILES string of the molecule is CC(C)NC(=NCCc1ccco1)NC1CC2CCC1O2.I. The standard InChI is InChI=1S/C16H25N3O2.HI/c1-11(2)18-16(17-8-7-12-4-3-9-20-12)19-14-10-13-5-6-15(14)21-13;/h3-4,9,11,13-15H,5-8,10H2,1-2H3,(H2,17,18,19);1H. The van der Waals surface area contributed by atoms with Crippen LogP contribution in [0.3, 0.4) is 0 Å². The van der Waals surface area contributed by atoms with E-state index in [1.807, 2.05) is 12.1 Å². The quantitative estimate of drug-likeness (QED) is 0.438. The molecule has 124 valence electrons. The van der Waals surface area contributed by atoms with Crippen molar-refractivity contribution in [2.45, 2.75) is 63.8 Å². The summed E-state index contributed by atoms with van der Waals surface area (Å²) < 4.78 is 11.2. The molecule has 3 atom stereocenters. The zero-order valence-electron chi connectivity index (χ0n) is 13.2. The smallest absolute Gasteiger partial charge is 0.191 e. The predicted molar refractivity (Wildman–Crippen MR) is 97.8 cm³/mol. The number of rotatable bonds is 5. The van der Waals surface area contributed by atoms with Crippen molar-refractivity contribution in [2.75, 3.05) is 6.54 Å². The third kappa shape index (κ3) is 4.62. The van der Waals surface area contributed by atoms with Gasteiger partial charge in [0.15, 0.2) is 5.96 Å². The molecule has 2 aliphatic heterocycles. The Morgan fingerprint density at radius 1 is 1.41 bits per heavy atom. The van der Waals surface area contributed by atoms with Crippen LogP contribution < -0.4 is 10.6 Å². The van der Waals surface area contributed by atoms with E-state index < -0.39 is 0 Å². The summed E-state index contributed by atoms with van der Waals surface area (Å²) in [5.74, 6) is 1.86. The van der Waals surface area contributed by atoms with Crippen molar-refractivity contribution in [3.05, 3.63) is 24.2 Å². The van der Waals surface area contributed by atoms with E-state index in [0.717, 1.165) is 31.1 Å². The zero-order valence-corrected chi connectivity index (χ0v) is 15.6. The Balaban J connectivity index is 0.00000176. The minimum atomic E-state index is 0. The summed E-state index contributed by atoms with van der Waals surface area (Å²) in [4.78, 5) is 4.66. The van der Waals surface area contributed by atoms with Gasteiger partial charge in [0.25, 0.3) is 0 Å². The first kappa shape index (κ1) is 17.6. The number of nitrogens with zero attached hydrogens (tertiary/aromatic N) is 1. The average Bonchev–Trinajstić information content (AvgIpc) is 3.14. The molecule has 0 amide bonds. The Labute approximate surface area is 149 Å². The van der Waals surface area contributed by atoms with Gasteiger partial charge in [-0.3, -0.25) is 4.99 Å². The highest BCUT2D eigenvalue weighted by Crippen LogP contribution is 2.34. The van der Waals surface area contributed by atoms with Crippen LogP contribution in [-0.2, 0) is 11.2 Å². The van der Waals surface area contributed by atoms with Crippen molar-refractivity contribution in [3.63, 3.8) is 0 Å². The van der Waals surface area contributed by atoms with Crippen LogP contribution in [0.4, 0.5) is 0 Å². The van der Waals surface area contributed by atoms with Crippen LogP contribution in [0.2, 0.25) is 0 Å². The first-order chi connectivity index (χ1) is 10.2. The number of furan rings is 1. The molecule has 0 radical (unpaired) electrons. The number of hydrogen-bond donors (Lipinski definition) is 2. The molecule has 0 saturated carbocycles. The van der Waals surface area contributed by atoms with Gasteiger partial charge in [-0.15, -0.1) is 24.0 Å². The van der Waals surface area contributed by atoms with E-state index >= 15 is 0 Å². The molecule has 0 aromatic carbocycles. The summed E-state index contributed by atoms with van der Waals surface area (Å²) >= 11 is 0. The lowest BCUT2D eigenvalue weighted by Crippen LogP contribution is -2.49. The van der Waals surface area contributed by atoms with Gasteiger partial charge in [-0.05, 0) is 45.2 Å². The molecule has 2 aliphatic rings. The van der Waals surface area contributed by atoms with Crippen molar-refractivity contribution in [1.82, 2.24) is 10.6 Å². The van der Waals surface area contributed by atoms with Crippen molar-refractivity contribution in [3.8, 4) is 0 Å². The predicted octanol–water partition coefficient (Wildman–Crippen LogP) is 2.70. The van der Waals surface area contributed by atoms with Gasteiger partial charge in [0.2, 0.25) is 0 Å². The Bertz CT molecular complexity index is 476. The second-order valence-corrected chi connectivity index (χ2v) is 6.22. The fourth-order valence-electron chi connectivity index (χ4n) is 3.10. The number of guanidine groups is 1. The third-order valence-corrected chi connectivity index (χ3v) is 4.06. The van der Waals surface area contributed by atoms with Gasteiger partial charge >= 0.3 is 0 Å². The zero-order chi connectivity index (χ0) is 14.7. The van der Waals surface area contributed by atoms with E-state index in [2.05, 4.69) is 29.5 Å². The van der Waals surface area contributed by atoms with E-state index in [9.17, 15) is 0 Å². The van der Waals surface area contributed by atoms with Crippen LogP contribution in [0.25, 0.3) is 0 Å². The van der Waals surface area contributed by atoms with E-state index in [1.54, 1.807) is 6.26 Å². The number of ether oxygens (including phenoxy) is 1. The highest BCUT2D eigenvalue weighted by molar-refractivity contribution is 14.0. The lowest BCUT2D eigenvalue weighted by molar-refractivity contribution is 0.0992. The van der Waals surface area contributed by atoms with Gasteiger partial charge in [0.1, 0.15) is 5.76 Å². The van der Waals surface area contributed by atoms with Gasteiger partial charge < -0.3 is 19.8 Å². The first-order valence-electron chi connectivity index (χ1n) is 7.96. The molecular weight excluding hydrogens is 393 g/mol. The molecule has 3 unspecified atom stereocenters. The summed E-state index contributed by atoms with van der Waals surface area (Å²) in [6.45, 7) is 4.97. The van der Waals surface area contributed by atoms with E-state index in [-0.39, 0.29) is 24.0 Å². The molecule has 2 bridgehead atoms. The molecule has 2 N–H and O–H groups in total. The molecule has 22 heavy (non-hydrogen) atoms. The molecule has 3 heterocycles. The van der Waals surface area contributed by atoms with Crippen molar-refractivity contribution in [2.24, 2.45) is 4.99 Å². The molecule has 1 aromatic heterocycles. The molecule has 6 heteroatoms. The van der Waals surface area contributed by atoms with E-state index in [1.165, 1.54) is 12.8 Å². The topological polar surface area (TPSA) is 58.8 Å². The number of fused-ring (bicyclic) bond motifs is 2. The minimum Gasteiger partial charge on any atom is -0.469 e. The number of nitrogens with one attached hydrogen (secondary N) is 2. The molecule has 3 rings (SSSR count). The second kappa shape index (κ2) is 8.19. The van der Waals surface area contributed by atoms with Crippen molar-refractivity contribution >= 4 is 29.9 Å². The maximum absolute atomic E-state index is 5.89. The highest BCUT2D eigenvalue weighted by atomic mass is 127. The summed E-state index contributed by atoms with van der Waals surface area (Å²) in [7, 11) is 0. The third-order valence-electron chi connectivity index (χ3n) is 4.06. The van der Waals surface area contributed by atoms with Gasteiger partial charge in [-0.25, -0.2) is 0 Å². The minimum absolute atomic E-state index is 0. The van der Waals surface area contributed by atoms with Crippen molar-refractivity contribution in [1.29, 1.82) is 0 Å². The van der Waals surface area contributed by atoms with Crippen LogP contribution in [0, 0.1) is 0 Å². The average molecular weight is 419 g/mol. The van der Waals surface area contributed by atoms with E-state index in [0.29, 0.717) is 24.3 Å². The molecule has 0 spiro atoms.